The van der Waals surface area contributed by atoms with Crippen LogP contribution in [0.25, 0.3) is 5.57 Å². The van der Waals surface area contributed by atoms with E-state index in [0.717, 1.165) is 35.2 Å². The lowest BCUT2D eigenvalue weighted by molar-refractivity contribution is -0.157. The second kappa shape index (κ2) is 9.38. The van der Waals surface area contributed by atoms with Crippen LogP contribution >= 0.6 is 11.6 Å². The van der Waals surface area contributed by atoms with Crippen LogP contribution in [0.2, 0.25) is 5.02 Å². The highest BCUT2D eigenvalue weighted by atomic mass is 35.5. The molecule has 174 valence electrons. The number of fused-ring (bicyclic) bond motifs is 2. The molecule has 1 saturated heterocycles. The van der Waals surface area contributed by atoms with Gasteiger partial charge in [0, 0.05) is 36.3 Å². The molecule has 1 aliphatic heterocycles. The van der Waals surface area contributed by atoms with Gasteiger partial charge >= 0.3 is 5.92 Å². The average Bonchev–Trinajstić information content (AvgIpc) is 2.95. The number of nitrogens with zero attached hydrogens (tertiary/aromatic N) is 2. The van der Waals surface area contributed by atoms with Crippen LogP contribution in [0.1, 0.15) is 55.5 Å². The lowest BCUT2D eigenvalue weighted by atomic mass is 9.88. The van der Waals surface area contributed by atoms with Crippen LogP contribution in [0.5, 0.6) is 0 Å². The summed E-state index contributed by atoms with van der Waals surface area (Å²) >= 11 is 6.27. The number of amides is 1. The number of benzene rings is 1. The predicted molar refractivity (Wildman–Crippen MR) is 128 cm³/mol. The molecule has 0 N–H and O–H groups in total. The van der Waals surface area contributed by atoms with Crippen LogP contribution in [0.3, 0.4) is 0 Å². The number of hydrogen-bond donors (Lipinski definition) is 0. The third-order valence-electron chi connectivity index (χ3n) is 6.71. The van der Waals surface area contributed by atoms with Crippen LogP contribution in [0.15, 0.2) is 54.3 Å². The summed E-state index contributed by atoms with van der Waals surface area (Å²) in [7, 11) is 0. The van der Waals surface area contributed by atoms with Gasteiger partial charge in [0.25, 0.3) is 5.91 Å². The Morgan fingerprint density at radius 1 is 1.15 bits per heavy atom. The van der Waals surface area contributed by atoms with Crippen molar-refractivity contribution in [3.05, 3.63) is 81.7 Å². The third kappa shape index (κ3) is 4.89. The van der Waals surface area contributed by atoms with Crippen LogP contribution in [0, 0.1) is 5.92 Å². The number of rotatable bonds is 4. The molecule has 0 saturated carbocycles. The Kier molecular flexibility index (Phi) is 6.71. The number of aryl methyl sites for hydroxylation is 2. The molecule has 1 aromatic carbocycles. The number of halogens is 3. The van der Waals surface area contributed by atoms with Crippen molar-refractivity contribution in [1.29, 1.82) is 0 Å². The summed E-state index contributed by atoms with van der Waals surface area (Å²) in [6.45, 7) is 7.89. The maximum atomic E-state index is 14.7. The zero-order valence-corrected chi connectivity index (χ0v) is 19.9. The molecule has 2 heterocycles. The van der Waals surface area contributed by atoms with E-state index in [1.165, 1.54) is 16.0 Å². The van der Waals surface area contributed by atoms with Gasteiger partial charge in [-0.05, 0) is 66.5 Å². The van der Waals surface area contributed by atoms with Gasteiger partial charge in [0.15, 0.2) is 0 Å². The van der Waals surface area contributed by atoms with E-state index < -0.39 is 18.3 Å². The van der Waals surface area contributed by atoms with Gasteiger partial charge in [0.05, 0.1) is 5.69 Å². The minimum atomic E-state index is -3.42. The first kappa shape index (κ1) is 23.6. The second-order valence-electron chi connectivity index (χ2n) is 9.28. The lowest BCUT2D eigenvalue weighted by Crippen LogP contribution is -2.46. The molecule has 2 aromatic rings. The summed E-state index contributed by atoms with van der Waals surface area (Å²) in [6.07, 6.45) is 4.01. The molecule has 3 nitrogen and oxygen atoms in total. The van der Waals surface area contributed by atoms with E-state index >= 15 is 0 Å². The SMILES string of the molecule is C=C(CC(F)(F)C(=O)N1CCC(=C2c3ccc(Cl)cc3CCc3cccnc32)CC1)C(C)C. The maximum absolute atomic E-state index is 14.7. The van der Waals surface area contributed by atoms with Crippen molar-refractivity contribution in [2.24, 2.45) is 5.92 Å². The standard InChI is InChI=1S/C27H29ClF2N2O/c1-17(2)18(3)16-27(29,30)26(33)32-13-10-19(11-14-32)24-23-9-8-22(28)15-21(23)7-6-20-5-4-12-31-25(20)24/h4-5,8-9,12,15,17H,3,6-7,10-11,13-14,16H2,1-2H3. The Balaban J connectivity index is 1.63. The first-order valence-electron chi connectivity index (χ1n) is 11.5. The van der Waals surface area contributed by atoms with Crippen LogP contribution in [-0.2, 0) is 17.6 Å². The summed E-state index contributed by atoms with van der Waals surface area (Å²) < 4.78 is 29.3. The summed E-state index contributed by atoms with van der Waals surface area (Å²) in [5.41, 5.74) is 7.01. The van der Waals surface area contributed by atoms with E-state index in [1.54, 1.807) is 6.20 Å². The molecule has 4 rings (SSSR count). The minimum absolute atomic E-state index is 0.0854. The molecule has 2 aliphatic rings. The highest BCUT2D eigenvalue weighted by Gasteiger charge is 2.43. The normalized spacial score (nSPS) is 16.4. The van der Waals surface area contributed by atoms with E-state index in [4.69, 9.17) is 16.6 Å². The number of likely N-dealkylation sites (tertiary alicyclic amines) is 1. The van der Waals surface area contributed by atoms with E-state index in [9.17, 15) is 13.6 Å². The number of piperidine rings is 1. The number of allylic oxidation sites excluding steroid dienone is 1. The van der Waals surface area contributed by atoms with Crippen molar-refractivity contribution in [1.82, 2.24) is 9.88 Å². The zero-order chi connectivity index (χ0) is 23.8. The molecule has 0 spiro atoms. The van der Waals surface area contributed by atoms with Crippen molar-refractivity contribution in [2.45, 2.75) is 51.9 Å². The fraction of sp³-hybridized carbons (Fsp3) is 0.407. The number of carbonyl (C=O) groups excluding carboxylic acids is 1. The van der Waals surface area contributed by atoms with E-state index in [0.29, 0.717) is 23.4 Å². The van der Waals surface area contributed by atoms with Crippen molar-refractivity contribution < 1.29 is 13.6 Å². The van der Waals surface area contributed by atoms with Crippen LogP contribution in [-0.4, -0.2) is 34.8 Å². The zero-order valence-electron chi connectivity index (χ0n) is 19.1. The fourth-order valence-electron chi connectivity index (χ4n) is 4.66. The van der Waals surface area contributed by atoms with Crippen molar-refractivity contribution in [2.75, 3.05) is 13.1 Å². The third-order valence-corrected chi connectivity index (χ3v) is 6.95. The van der Waals surface area contributed by atoms with Gasteiger partial charge in [-0.1, -0.05) is 55.3 Å². The van der Waals surface area contributed by atoms with Gasteiger partial charge in [-0.3, -0.25) is 9.78 Å². The average molecular weight is 471 g/mol. The molecule has 0 bridgehead atoms. The largest absolute Gasteiger partial charge is 0.337 e. The van der Waals surface area contributed by atoms with Gasteiger partial charge in [-0.25, -0.2) is 0 Å². The molecule has 6 heteroatoms. The van der Waals surface area contributed by atoms with E-state index in [1.807, 2.05) is 38.1 Å². The molecule has 0 radical (unpaired) electrons. The first-order valence-corrected chi connectivity index (χ1v) is 11.8. The van der Waals surface area contributed by atoms with E-state index in [2.05, 4.69) is 12.6 Å². The monoisotopic (exact) mass is 470 g/mol. The summed E-state index contributed by atoms with van der Waals surface area (Å²) in [6, 6.07) is 9.96. The number of carbonyl (C=O) groups is 1. The number of aromatic nitrogens is 1. The van der Waals surface area contributed by atoms with Crippen molar-refractivity contribution in [3.63, 3.8) is 0 Å². The molecule has 33 heavy (non-hydrogen) atoms. The smallest absolute Gasteiger partial charge is 0.328 e. The highest BCUT2D eigenvalue weighted by molar-refractivity contribution is 6.30. The molecule has 1 aliphatic carbocycles. The van der Waals surface area contributed by atoms with E-state index in [-0.39, 0.29) is 19.0 Å². The Morgan fingerprint density at radius 2 is 1.85 bits per heavy atom. The molecule has 1 amide bonds. The van der Waals surface area contributed by atoms with Gasteiger partial charge in [-0.15, -0.1) is 0 Å². The summed E-state index contributed by atoms with van der Waals surface area (Å²) in [5.74, 6) is -4.61. The molecular formula is C27H29ClF2N2O. The van der Waals surface area contributed by atoms with Crippen molar-refractivity contribution >= 4 is 23.1 Å². The van der Waals surface area contributed by atoms with Gasteiger partial charge in [-0.2, -0.15) is 8.78 Å². The highest BCUT2D eigenvalue weighted by Crippen LogP contribution is 2.39. The molecule has 0 atom stereocenters. The molecule has 1 fully saturated rings. The predicted octanol–water partition coefficient (Wildman–Crippen LogP) is 6.50. The van der Waals surface area contributed by atoms with Crippen LogP contribution < -0.4 is 0 Å². The first-order chi connectivity index (χ1) is 15.7. The lowest BCUT2D eigenvalue weighted by Gasteiger charge is -2.33. The van der Waals surface area contributed by atoms with Gasteiger partial charge < -0.3 is 4.90 Å². The number of pyridine rings is 1. The summed E-state index contributed by atoms with van der Waals surface area (Å²) in [5, 5.41) is 0.697. The van der Waals surface area contributed by atoms with Gasteiger partial charge in [0.2, 0.25) is 0 Å². The second-order valence-corrected chi connectivity index (χ2v) is 9.71. The molecule has 0 unspecified atom stereocenters. The topological polar surface area (TPSA) is 33.2 Å². The van der Waals surface area contributed by atoms with Crippen molar-refractivity contribution in [3.8, 4) is 0 Å². The van der Waals surface area contributed by atoms with Crippen LogP contribution in [0.4, 0.5) is 8.78 Å². The summed E-state index contributed by atoms with van der Waals surface area (Å²) in [4.78, 5) is 18.6. The van der Waals surface area contributed by atoms with Gasteiger partial charge in [0.1, 0.15) is 0 Å². The Morgan fingerprint density at radius 3 is 2.55 bits per heavy atom. The quantitative estimate of drug-likeness (QED) is 0.478. The number of hydrogen-bond acceptors (Lipinski definition) is 2. The fourth-order valence-corrected chi connectivity index (χ4v) is 4.85. The number of alkyl halides is 2. The Bertz CT molecular complexity index is 1110. The maximum Gasteiger partial charge on any atom is 0.328 e. The minimum Gasteiger partial charge on any atom is -0.337 e. The molecular weight excluding hydrogens is 442 g/mol. The molecule has 1 aromatic heterocycles. The Hall–Kier alpha value is -2.53. The Labute approximate surface area is 199 Å².